The van der Waals surface area contributed by atoms with E-state index in [1.165, 1.54) is 12.1 Å². The Bertz CT molecular complexity index is 1580. The normalized spacial score (nSPS) is 11.5. The van der Waals surface area contributed by atoms with E-state index in [1.54, 1.807) is 23.6 Å². The lowest BCUT2D eigenvalue weighted by molar-refractivity contribution is 0.628. The molecule has 0 bridgehead atoms. The third-order valence-corrected chi connectivity index (χ3v) is 5.94. The number of H-pyrrole nitrogens is 2. The molecule has 6 aromatic rings. The molecular weight excluding hydrogens is 413 g/mol. The second-order valence-electron chi connectivity index (χ2n) is 7.06. The van der Waals surface area contributed by atoms with E-state index in [0.29, 0.717) is 33.8 Å². The number of aromatic amines is 2. The number of hydrogen-bond acceptors (Lipinski definition) is 6. The quantitative estimate of drug-likeness (QED) is 0.408. The molecule has 0 atom stereocenters. The average Bonchev–Trinajstić information content (AvgIpc) is 3.50. The summed E-state index contributed by atoms with van der Waals surface area (Å²) in [6.45, 7) is 1.97. The van der Waals surface area contributed by atoms with Crippen molar-refractivity contribution in [2.24, 2.45) is 0 Å². The minimum Gasteiger partial charge on any atom is -0.336 e. The molecule has 0 fully saturated rings. The number of hydrogen-bond donors (Lipinski definition) is 2. The number of benzene rings is 1. The Balaban J connectivity index is 1.51. The molecule has 6 rings (SSSR count). The lowest BCUT2D eigenvalue weighted by Gasteiger charge is -2.01. The van der Waals surface area contributed by atoms with Crippen LogP contribution in [0.3, 0.4) is 0 Å². The first kappa shape index (κ1) is 17.8. The number of fused-ring (bicyclic) bond motifs is 2. The summed E-state index contributed by atoms with van der Waals surface area (Å²) in [4.78, 5) is 22.6. The van der Waals surface area contributed by atoms with Crippen LogP contribution in [-0.2, 0) is 0 Å². The van der Waals surface area contributed by atoms with Crippen LogP contribution in [0.2, 0.25) is 0 Å². The molecule has 150 valence electrons. The van der Waals surface area contributed by atoms with Crippen molar-refractivity contribution in [2.75, 3.05) is 0 Å². The van der Waals surface area contributed by atoms with Crippen LogP contribution in [0.5, 0.6) is 0 Å². The lowest BCUT2D eigenvalue weighted by Crippen LogP contribution is -1.87. The molecule has 7 nitrogen and oxygen atoms in total. The number of rotatable bonds is 3. The molecule has 31 heavy (non-hydrogen) atoms. The SMILES string of the molecule is Cc1ncc(-c2ccc3[nH]nc(-c4nc5c(-c6cccc(F)c6)nccc5[nH]4)c3n2)s1. The van der Waals surface area contributed by atoms with E-state index in [2.05, 4.69) is 25.1 Å². The van der Waals surface area contributed by atoms with Crippen LogP contribution in [0.25, 0.3) is 55.4 Å². The predicted octanol–water partition coefficient (Wildman–Crippen LogP) is 5.13. The molecule has 0 spiro atoms. The van der Waals surface area contributed by atoms with E-state index in [9.17, 15) is 4.39 Å². The van der Waals surface area contributed by atoms with Crippen LogP contribution in [0.1, 0.15) is 5.01 Å². The second kappa shape index (κ2) is 6.78. The number of pyridine rings is 2. The van der Waals surface area contributed by atoms with E-state index in [0.717, 1.165) is 26.6 Å². The fourth-order valence-corrected chi connectivity index (χ4v) is 4.32. The smallest absolute Gasteiger partial charge is 0.161 e. The second-order valence-corrected chi connectivity index (χ2v) is 8.29. The molecule has 5 heterocycles. The number of nitrogens with one attached hydrogen (secondary N) is 2. The summed E-state index contributed by atoms with van der Waals surface area (Å²) in [5, 5.41) is 8.45. The molecule has 0 aliphatic heterocycles. The van der Waals surface area contributed by atoms with Crippen molar-refractivity contribution in [3.05, 3.63) is 65.7 Å². The monoisotopic (exact) mass is 427 g/mol. The van der Waals surface area contributed by atoms with Crippen LogP contribution in [0.4, 0.5) is 4.39 Å². The van der Waals surface area contributed by atoms with Gasteiger partial charge in [-0.15, -0.1) is 11.3 Å². The van der Waals surface area contributed by atoms with E-state index in [1.807, 2.05) is 37.4 Å². The molecule has 0 saturated heterocycles. The molecule has 0 saturated carbocycles. The molecule has 0 amide bonds. The Morgan fingerprint density at radius 1 is 0.935 bits per heavy atom. The Morgan fingerprint density at radius 2 is 1.84 bits per heavy atom. The van der Waals surface area contributed by atoms with Crippen LogP contribution < -0.4 is 0 Å². The molecule has 2 N–H and O–H groups in total. The summed E-state index contributed by atoms with van der Waals surface area (Å²) in [5.41, 5.74) is 5.66. The topological polar surface area (TPSA) is 96.0 Å². The molecule has 0 unspecified atom stereocenters. The van der Waals surface area contributed by atoms with E-state index in [-0.39, 0.29) is 5.82 Å². The summed E-state index contributed by atoms with van der Waals surface area (Å²) in [6.07, 6.45) is 3.50. The fourth-order valence-electron chi connectivity index (χ4n) is 3.58. The van der Waals surface area contributed by atoms with Crippen molar-refractivity contribution in [3.63, 3.8) is 0 Å². The van der Waals surface area contributed by atoms with Crippen molar-refractivity contribution in [1.82, 2.24) is 35.1 Å². The highest BCUT2D eigenvalue weighted by molar-refractivity contribution is 7.15. The number of thiazole rings is 1. The highest BCUT2D eigenvalue weighted by atomic mass is 32.1. The average molecular weight is 427 g/mol. The van der Waals surface area contributed by atoms with Gasteiger partial charge in [-0.3, -0.25) is 10.1 Å². The molecule has 0 aliphatic carbocycles. The van der Waals surface area contributed by atoms with E-state index in [4.69, 9.17) is 9.97 Å². The van der Waals surface area contributed by atoms with Crippen LogP contribution in [0, 0.1) is 12.7 Å². The van der Waals surface area contributed by atoms with Crippen molar-refractivity contribution in [3.8, 4) is 33.3 Å². The summed E-state index contributed by atoms with van der Waals surface area (Å²) < 4.78 is 13.8. The van der Waals surface area contributed by atoms with Gasteiger partial charge in [0.05, 0.1) is 32.3 Å². The fraction of sp³-hybridized carbons (Fsp3) is 0.0455. The van der Waals surface area contributed by atoms with Gasteiger partial charge in [0.25, 0.3) is 0 Å². The maximum Gasteiger partial charge on any atom is 0.161 e. The highest BCUT2D eigenvalue weighted by Crippen LogP contribution is 2.31. The Kier molecular flexibility index (Phi) is 3.90. The van der Waals surface area contributed by atoms with Crippen LogP contribution in [-0.4, -0.2) is 35.1 Å². The molecule has 5 aromatic heterocycles. The van der Waals surface area contributed by atoms with Gasteiger partial charge in [0, 0.05) is 18.0 Å². The predicted molar refractivity (Wildman–Crippen MR) is 118 cm³/mol. The van der Waals surface area contributed by atoms with Crippen molar-refractivity contribution in [2.45, 2.75) is 6.92 Å². The first-order valence-electron chi connectivity index (χ1n) is 9.55. The van der Waals surface area contributed by atoms with Crippen LogP contribution in [0.15, 0.2) is 54.9 Å². The minimum absolute atomic E-state index is 0.319. The third kappa shape index (κ3) is 2.98. The van der Waals surface area contributed by atoms with Gasteiger partial charge in [0.1, 0.15) is 16.9 Å². The van der Waals surface area contributed by atoms with Crippen molar-refractivity contribution in [1.29, 1.82) is 0 Å². The molecule has 0 radical (unpaired) electrons. The van der Waals surface area contributed by atoms with Crippen LogP contribution >= 0.6 is 11.3 Å². The summed E-state index contributed by atoms with van der Waals surface area (Å²) in [5.74, 6) is 0.248. The number of aryl methyl sites for hydroxylation is 1. The van der Waals surface area contributed by atoms with Gasteiger partial charge in [-0.25, -0.2) is 19.3 Å². The maximum atomic E-state index is 13.8. The number of imidazole rings is 1. The summed E-state index contributed by atoms with van der Waals surface area (Å²) in [7, 11) is 0. The molecule has 9 heteroatoms. The van der Waals surface area contributed by atoms with Gasteiger partial charge in [-0.05, 0) is 37.3 Å². The Labute approximate surface area is 179 Å². The van der Waals surface area contributed by atoms with Gasteiger partial charge >= 0.3 is 0 Å². The zero-order chi connectivity index (χ0) is 20.9. The largest absolute Gasteiger partial charge is 0.336 e. The number of halogens is 1. The summed E-state index contributed by atoms with van der Waals surface area (Å²) in [6, 6.07) is 12.1. The molecule has 0 aliphatic rings. The summed E-state index contributed by atoms with van der Waals surface area (Å²) >= 11 is 1.59. The standard InChI is InChI=1S/C22H14FN7S/c1-11-25-10-17(31-11)14-5-6-16-20(26-14)21(30-29-16)22-27-15-7-8-24-18(19(15)28-22)12-3-2-4-13(23)9-12/h2-10H,1H3,(H,27,28)(H,29,30). The van der Waals surface area contributed by atoms with E-state index >= 15 is 0 Å². The number of nitrogens with zero attached hydrogens (tertiary/aromatic N) is 5. The third-order valence-electron chi connectivity index (χ3n) is 5.00. The maximum absolute atomic E-state index is 13.8. The highest BCUT2D eigenvalue weighted by Gasteiger charge is 2.17. The van der Waals surface area contributed by atoms with Gasteiger partial charge in [-0.1, -0.05) is 12.1 Å². The molecular formula is C22H14FN7S. The van der Waals surface area contributed by atoms with E-state index < -0.39 is 0 Å². The first-order chi connectivity index (χ1) is 15.2. The van der Waals surface area contributed by atoms with Crippen molar-refractivity contribution < 1.29 is 4.39 Å². The van der Waals surface area contributed by atoms with Gasteiger partial charge in [0.2, 0.25) is 0 Å². The zero-order valence-electron chi connectivity index (χ0n) is 16.2. The van der Waals surface area contributed by atoms with Gasteiger partial charge in [0.15, 0.2) is 11.5 Å². The molecule has 1 aromatic carbocycles. The Morgan fingerprint density at radius 3 is 2.68 bits per heavy atom. The Hall–Kier alpha value is -3.98. The first-order valence-corrected chi connectivity index (χ1v) is 10.4. The minimum atomic E-state index is -0.319. The number of aromatic nitrogens is 7. The zero-order valence-corrected chi connectivity index (χ0v) is 17.0. The van der Waals surface area contributed by atoms with Gasteiger partial charge < -0.3 is 4.98 Å². The lowest BCUT2D eigenvalue weighted by atomic mass is 10.1. The van der Waals surface area contributed by atoms with Crippen molar-refractivity contribution >= 4 is 33.4 Å². The van der Waals surface area contributed by atoms with Gasteiger partial charge in [-0.2, -0.15) is 5.10 Å².